The number of nitrogens with one attached hydrogen (secondary N) is 1. The van der Waals surface area contributed by atoms with Crippen LogP contribution in [0.1, 0.15) is 13.8 Å². The lowest BCUT2D eigenvalue weighted by molar-refractivity contribution is 0.235. The van der Waals surface area contributed by atoms with E-state index < -0.39 is 0 Å². The minimum atomic E-state index is 0.394. The molecule has 0 spiro atoms. The lowest BCUT2D eigenvalue weighted by Crippen LogP contribution is -2.40. The molecule has 0 aromatic heterocycles. The molecule has 0 aliphatic carbocycles. The van der Waals surface area contributed by atoms with Crippen molar-refractivity contribution in [2.24, 2.45) is 0 Å². The first kappa shape index (κ1) is 9.35. The molecule has 0 aromatic rings. The lowest BCUT2D eigenvalue weighted by Gasteiger charge is -2.27. The van der Waals surface area contributed by atoms with E-state index in [0.717, 1.165) is 0 Å². The van der Waals surface area contributed by atoms with Crippen molar-refractivity contribution in [3.8, 4) is 0 Å². The predicted molar refractivity (Wildman–Crippen MR) is 45.5 cm³/mol. The Kier molecular flexibility index (Phi) is 4.37. The quantitative estimate of drug-likeness (QED) is 0.468. The highest BCUT2D eigenvalue weighted by Gasteiger charge is 2.08. The summed E-state index contributed by atoms with van der Waals surface area (Å²) in [6.45, 7) is 4.35. The Labute approximate surface area is 60.2 Å². The van der Waals surface area contributed by atoms with Crippen LogP contribution in [-0.4, -0.2) is 30.9 Å². The fraction of sp³-hybridized carbons (Fsp3) is 1.00. The zero-order chi connectivity index (χ0) is 7.44. The second kappa shape index (κ2) is 4.21. The van der Waals surface area contributed by atoms with Crippen molar-refractivity contribution in [2.75, 3.05) is 14.1 Å². The van der Waals surface area contributed by atoms with Gasteiger partial charge in [-0.15, -0.1) is 9.24 Å². The maximum atomic E-state index is 3.13. The van der Waals surface area contributed by atoms with Crippen molar-refractivity contribution < 1.29 is 0 Å². The second-order valence-electron chi connectivity index (χ2n) is 2.49. The van der Waals surface area contributed by atoms with Crippen LogP contribution >= 0.6 is 9.24 Å². The van der Waals surface area contributed by atoms with Crippen molar-refractivity contribution in [1.82, 2.24) is 10.2 Å². The standard InChI is InChI=1S/C6H17N2P/c1-5(2)8(4)6(9)7-3/h5-7H,9H2,1-4H3/t6-/m0/s1. The van der Waals surface area contributed by atoms with Crippen LogP contribution < -0.4 is 5.32 Å². The average molecular weight is 148 g/mol. The Morgan fingerprint density at radius 3 is 2.00 bits per heavy atom. The summed E-state index contributed by atoms with van der Waals surface area (Å²) in [5.41, 5.74) is 0. The van der Waals surface area contributed by atoms with E-state index in [2.05, 4.69) is 40.4 Å². The highest BCUT2D eigenvalue weighted by molar-refractivity contribution is 7.17. The maximum absolute atomic E-state index is 3.13. The van der Waals surface area contributed by atoms with Gasteiger partial charge < -0.3 is 5.32 Å². The third-order valence-electron chi connectivity index (χ3n) is 1.55. The fourth-order valence-corrected chi connectivity index (χ4v) is 0.869. The van der Waals surface area contributed by atoms with Gasteiger partial charge in [-0.3, -0.25) is 4.90 Å². The van der Waals surface area contributed by atoms with E-state index in [9.17, 15) is 0 Å². The van der Waals surface area contributed by atoms with Gasteiger partial charge in [-0.1, -0.05) is 0 Å². The molecule has 0 aromatic carbocycles. The van der Waals surface area contributed by atoms with Crippen molar-refractivity contribution >= 4 is 9.24 Å². The Morgan fingerprint density at radius 2 is 1.89 bits per heavy atom. The minimum Gasteiger partial charge on any atom is -0.302 e. The fourth-order valence-electron chi connectivity index (χ4n) is 0.525. The molecule has 0 saturated carbocycles. The molecule has 0 aliphatic rings. The molecule has 0 rings (SSSR count). The molecular weight excluding hydrogens is 131 g/mol. The number of rotatable bonds is 3. The summed E-state index contributed by atoms with van der Waals surface area (Å²) in [6.07, 6.45) is 0. The average Bonchev–Trinajstić information content (AvgIpc) is 1.84. The number of hydrogen-bond acceptors (Lipinski definition) is 2. The summed E-state index contributed by atoms with van der Waals surface area (Å²) in [5, 5.41) is 3.13. The van der Waals surface area contributed by atoms with Gasteiger partial charge in [0.05, 0.1) is 5.91 Å². The van der Waals surface area contributed by atoms with E-state index in [1.807, 2.05) is 7.05 Å². The van der Waals surface area contributed by atoms with Gasteiger partial charge >= 0.3 is 0 Å². The Hall–Kier alpha value is 0.350. The van der Waals surface area contributed by atoms with Crippen LogP contribution in [0, 0.1) is 0 Å². The first-order valence-electron chi connectivity index (χ1n) is 3.24. The number of hydrogen-bond donors (Lipinski definition) is 1. The number of nitrogens with zero attached hydrogens (tertiary/aromatic N) is 1. The van der Waals surface area contributed by atoms with Gasteiger partial charge in [0.25, 0.3) is 0 Å². The van der Waals surface area contributed by atoms with E-state index in [-0.39, 0.29) is 0 Å². The molecule has 2 nitrogen and oxygen atoms in total. The molecule has 1 unspecified atom stereocenters. The Balaban J connectivity index is 3.58. The van der Waals surface area contributed by atoms with E-state index in [1.54, 1.807) is 0 Å². The molecule has 0 bridgehead atoms. The third kappa shape index (κ3) is 3.14. The van der Waals surface area contributed by atoms with E-state index in [1.165, 1.54) is 0 Å². The van der Waals surface area contributed by atoms with Gasteiger partial charge in [0, 0.05) is 6.04 Å². The van der Waals surface area contributed by atoms with Crippen LogP contribution in [0.2, 0.25) is 0 Å². The zero-order valence-electron chi connectivity index (χ0n) is 6.68. The van der Waals surface area contributed by atoms with Gasteiger partial charge in [0.15, 0.2) is 0 Å². The molecule has 1 N–H and O–H groups in total. The van der Waals surface area contributed by atoms with Gasteiger partial charge in [0.1, 0.15) is 0 Å². The topological polar surface area (TPSA) is 15.3 Å². The minimum absolute atomic E-state index is 0.394. The summed E-state index contributed by atoms with van der Waals surface area (Å²) in [7, 11) is 6.78. The molecule has 0 aliphatic heterocycles. The first-order chi connectivity index (χ1) is 4.09. The SMILES string of the molecule is CN[C@H](P)N(C)C(C)C. The van der Waals surface area contributed by atoms with Crippen LogP contribution in [0.4, 0.5) is 0 Å². The highest BCUT2D eigenvalue weighted by atomic mass is 31.0. The normalized spacial score (nSPS) is 15.0. The molecule has 9 heavy (non-hydrogen) atoms. The molecule has 0 heterocycles. The van der Waals surface area contributed by atoms with Crippen molar-refractivity contribution in [1.29, 1.82) is 0 Å². The molecule has 3 heteroatoms. The molecule has 0 saturated heterocycles. The van der Waals surface area contributed by atoms with E-state index >= 15 is 0 Å². The summed E-state index contributed by atoms with van der Waals surface area (Å²) >= 11 is 0. The van der Waals surface area contributed by atoms with Crippen LogP contribution in [0.15, 0.2) is 0 Å². The predicted octanol–water partition coefficient (Wildman–Crippen LogP) is 0.705. The van der Waals surface area contributed by atoms with Crippen LogP contribution in [0.25, 0.3) is 0 Å². The van der Waals surface area contributed by atoms with Crippen molar-refractivity contribution in [3.05, 3.63) is 0 Å². The van der Waals surface area contributed by atoms with Crippen LogP contribution in [0.3, 0.4) is 0 Å². The van der Waals surface area contributed by atoms with Gasteiger partial charge in [-0.2, -0.15) is 0 Å². The Morgan fingerprint density at radius 1 is 1.44 bits per heavy atom. The third-order valence-corrected chi connectivity index (χ3v) is 2.35. The van der Waals surface area contributed by atoms with E-state index in [4.69, 9.17) is 0 Å². The largest absolute Gasteiger partial charge is 0.302 e. The summed E-state index contributed by atoms with van der Waals surface area (Å²) in [6, 6.07) is 0.597. The first-order valence-corrected chi connectivity index (χ1v) is 3.91. The van der Waals surface area contributed by atoms with Gasteiger partial charge in [-0.25, -0.2) is 0 Å². The molecule has 0 radical (unpaired) electrons. The smallest absolute Gasteiger partial charge is 0.0736 e. The Bertz CT molecular complexity index is 75.5. The van der Waals surface area contributed by atoms with Crippen LogP contribution in [0.5, 0.6) is 0 Å². The zero-order valence-corrected chi connectivity index (χ0v) is 7.83. The van der Waals surface area contributed by atoms with Crippen molar-refractivity contribution in [2.45, 2.75) is 25.8 Å². The molecule has 56 valence electrons. The molecule has 0 amide bonds. The van der Waals surface area contributed by atoms with E-state index in [0.29, 0.717) is 11.9 Å². The lowest BCUT2D eigenvalue weighted by atomic mass is 10.4. The molecular formula is C6H17N2P. The van der Waals surface area contributed by atoms with Crippen LogP contribution in [-0.2, 0) is 0 Å². The summed E-state index contributed by atoms with van der Waals surface area (Å²) in [4.78, 5) is 2.24. The highest BCUT2D eigenvalue weighted by Crippen LogP contribution is 2.04. The summed E-state index contributed by atoms with van der Waals surface area (Å²) < 4.78 is 0. The molecule has 0 fully saturated rings. The maximum Gasteiger partial charge on any atom is 0.0736 e. The second-order valence-corrected chi connectivity index (χ2v) is 3.12. The van der Waals surface area contributed by atoms with Gasteiger partial charge in [0.2, 0.25) is 0 Å². The molecule has 2 atom stereocenters. The summed E-state index contributed by atoms with van der Waals surface area (Å²) in [5.74, 6) is 0.394. The van der Waals surface area contributed by atoms with Crippen molar-refractivity contribution in [3.63, 3.8) is 0 Å². The monoisotopic (exact) mass is 148 g/mol. The van der Waals surface area contributed by atoms with Gasteiger partial charge in [-0.05, 0) is 27.9 Å².